The van der Waals surface area contributed by atoms with Crippen molar-refractivity contribution in [1.82, 2.24) is 4.98 Å². The van der Waals surface area contributed by atoms with Crippen molar-refractivity contribution in [3.05, 3.63) is 22.8 Å². The molecule has 0 bridgehead atoms. The SMILES string of the molecule is COC(=O)c1cnc(OCCOC(F)(F)F)c(Cl)c1. The van der Waals surface area contributed by atoms with Crippen LogP contribution in [0.15, 0.2) is 12.3 Å². The molecule has 0 aliphatic heterocycles. The Hall–Kier alpha value is -1.54. The van der Waals surface area contributed by atoms with Gasteiger partial charge in [-0.15, -0.1) is 13.2 Å². The van der Waals surface area contributed by atoms with E-state index in [-0.39, 0.29) is 23.1 Å². The van der Waals surface area contributed by atoms with E-state index in [2.05, 4.69) is 14.5 Å². The van der Waals surface area contributed by atoms with E-state index < -0.39 is 18.9 Å². The summed E-state index contributed by atoms with van der Waals surface area (Å²) >= 11 is 5.74. The summed E-state index contributed by atoms with van der Waals surface area (Å²) in [6.07, 6.45) is -3.58. The van der Waals surface area contributed by atoms with Crippen molar-refractivity contribution in [2.45, 2.75) is 6.36 Å². The van der Waals surface area contributed by atoms with Gasteiger partial charge in [0, 0.05) is 6.20 Å². The van der Waals surface area contributed by atoms with Gasteiger partial charge < -0.3 is 9.47 Å². The number of ether oxygens (including phenoxy) is 3. The van der Waals surface area contributed by atoms with Crippen LogP contribution in [0, 0.1) is 0 Å². The zero-order valence-electron chi connectivity index (χ0n) is 9.66. The Bertz CT molecular complexity index is 453. The molecule has 19 heavy (non-hydrogen) atoms. The first kappa shape index (κ1) is 15.5. The number of aromatic nitrogens is 1. The Kier molecular flexibility index (Phi) is 5.37. The normalized spacial score (nSPS) is 11.2. The molecule has 9 heteroatoms. The molecule has 5 nitrogen and oxygen atoms in total. The van der Waals surface area contributed by atoms with Crippen LogP contribution in [-0.4, -0.2) is 37.6 Å². The molecule has 0 fully saturated rings. The molecule has 1 aromatic rings. The summed E-state index contributed by atoms with van der Waals surface area (Å²) in [5.74, 6) is -0.735. The van der Waals surface area contributed by atoms with Gasteiger partial charge in [-0.1, -0.05) is 11.6 Å². The zero-order valence-corrected chi connectivity index (χ0v) is 10.4. The highest BCUT2D eigenvalue weighted by molar-refractivity contribution is 6.32. The van der Waals surface area contributed by atoms with Crippen LogP contribution in [0.2, 0.25) is 5.02 Å². The van der Waals surface area contributed by atoms with Gasteiger partial charge in [-0.25, -0.2) is 9.78 Å². The first-order chi connectivity index (χ1) is 8.83. The molecule has 0 N–H and O–H groups in total. The van der Waals surface area contributed by atoms with Gasteiger partial charge in [-0.05, 0) is 6.07 Å². The minimum Gasteiger partial charge on any atom is -0.474 e. The van der Waals surface area contributed by atoms with Crippen LogP contribution >= 0.6 is 11.6 Å². The van der Waals surface area contributed by atoms with Crippen LogP contribution in [0.1, 0.15) is 10.4 Å². The van der Waals surface area contributed by atoms with E-state index in [0.717, 1.165) is 6.20 Å². The lowest BCUT2D eigenvalue weighted by atomic mass is 10.3. The Labute approximate surface area is 111 Å². The van der Waals surface area contributed by atoms with Crippen molar-refractivity contribution in [1.29, 1.82) is 0 Å². The lowest BCUT2D eigenvalue weighted by Crippen LogP contribution is -2.18. The predicted molar refractivity (Wildman–Crippen MR) is 58.1 cm³/mol. The number of esters is 1. The number of alkyl halides is 3. The van der Waals surface area contributed by atoms with Crippen LogP contribution in [-0.2, 0) is 9.47 Å². The number of nitrogens with zero attached hydrogens (tertiary/aromatic N) is 1. The Morgan fingerprint density at radius 1 is 1.42 bits per heavy atom. The van der Waals surface area contributed by atoms with Crippen LogP contribution in [0.4, 0.5) is 13.2 Å². The van der Waals surface area contributed by atoms with Crippen LogP contribution in [0.25, 0.3) is 0 Å². The fraction of sp³-hybridized carbons (Fsp3) is 0.400. The first-order valence-corrected chi connectivity index (χ1v) is 5.28. The van der Waals surface area contributed by atoms with E-state index >= 15 is 0 Å². The Morgan fingerprint density at radius 2 is 2.11 bits per heavy atom. The molecule has 0 saturated carbocycles. The van der Waals surface area contributed by atoms with E-state index in [9.17, 15) is 18.0 Å². The van der Waals surface area contributed by atoms with Crippen molar-refractivity contribution in [2.24, 2.45) is 0 Å². The summed E-state index contributed by atoms with van der Waals surface area (Å²) in [4.78, 5) is 14.8. The third-order valence-electron chi connectivity index (χ3n) is 1.82. The molecule has 0 saturated heterocycles. The molecule has 0 aromatic carbocycles. The smallest absolute Gasteiger partial charge is 0.474 e. The van der Waals surface area contributed by atoms with Gasteiger partial charge in [0.15, 0.2) is 0 Å². The topological polar surface area (TPSA) is 57.7 Å². The second-order valence-electron chi connectivity index (χ2n) is 3.15. The quantitative estimate of drug-likeness (QED) is 0.617. The second-order valence-corrected chi connectivity index (χ2v) is 3.55. The van der Waals surface area contributed by atoms with Crippen LogP contribution < -0.4 is 4.74 Å². The van der Waals surface area contributed by atoms with Crippen molar-refractivity contribution >= 4 is 17.6 Å². The van der Waals surface area contributed by atoms with Gasteiger partial charge in [-0.3, -0.25) is 4.74 Å². The highest BCUT2D eigenvalue weighted by Crippen LogP contribution is 2.23. The lowest BCUT2D eigenvalue weighted by molar-refractivity contribution is -0.325. The molecule has 0 spiro atoms. The van der Waals surface area contributed by atoms with Gasteiger partial charge >= 0.3 is 12.3 Å². The highest BCUT2D eigenvalue weighted by Gasteiger charge is 2.28. The van der Waals surface area contributed by atoms with Gasteiger partial charge in [0.2, 0.25) is 5.88 Å². The summed E-state index contributed by atoms with van der Waals surface area (Å²) in [7, 11) is 1.19. The van der Waals surface area contributed by atoms with E-state index in [1.165, 1.54) is 13.2 Å². The van der Waals surface area contributed by atoms with Crippen molar-refractivity contribution in [3.8, 4) is 5.88 Å². The van der Waals surface area contributed by atoms with E-state index in [0.29, 0.717) is 0 Å². The van der Waals surface area contributed by atoms with Gasteiger partial charge in [0.1, 0.15) is 11.6 Å². The Balaban J connectivity index is 2.54. The van der Waals surface area contributed by atoms with Crippen molar-refractivity contribution in [3.63, 3.8) is 0 Å². The van der Waals surface area contributed by atoms with Gasteiger partial charge in [0.25, 0.3) is 0 Å². The maximum absolute atomic E-state index is 11.7. The predicted octanol–water partition coefficient (Wildman–Crippen LogP) is 2.44. The second kappa shape index (κ2) is 6.58. The van der Waals surface area contributed by atoms with Crippen LogP contribution in [0.5, 0.6) is 5.88 Å². The molecule has 0 amide bonds. The molecule has 1 rings (SSSR count). The molecule has 0 unspecified atom stereocenters. The van der Waals surface area contributed by atoms with Crippen LogP contribution in [0.3, 0.4) is 0 Å². The fourth-order valence-electron chi connectivity index (χ4n) is 1.06. The van der Waals surface area contributed by atoms with Crippen molar-refractivity contribution in [2.75, 3.05) is 20.3 Å². The average Bonchev–Trinajstić information content (AvgIpc) is 2.33. The van der Waals surface area contributed by atoms with E-state index in [1.807, 2.05) is 0 Å². The number of carbonyl (C=O) groups is 1. The fourth-order valence-corrected chi connectivity index (χ4v) is 1.28. The molecule has 1 aromatic heterocycles. The number of methoxy groups -OCH3 is 1. The summed E-state index contributed by atoms with van der Waals surface area (Å²) in [6.45, 7) is -1.08. The molecule has 0 atom stereocenters. The number of pyridine rings is 1. The monoisotopic (exact) mass is 299 g/mol. The number of hydrogen-bond acceptors (Lipinski definition) is 5. The lowest BCUT2D eigenvalue weighted by Gasteiger charge is -2.09. The summed E-state index contributed by atoms with van der Waals surface area (Å²) in [6, 6.07) is 1.24. The minimum atomic E-state index is -4.71. The molecular formula is C10H9ClF3NO4. The largest absolute Gasteiger partial charge is 0.522 e. The third kappa shape index (κ3) is 5.31. The van der Waals surface area contributed by atoms with Gasteiger partial charge in [0.05, 0.1) is 19.3 Å². The summed E-state index contributed by atoms with van der Waals surface area (Å²) < 4.78 is 47.8. The molecule has 0 radical (unpaired) electrons. The molecule has 106 valence electrons. The Morgan fingerprint density at radius 3 is 2.63 bits per heavy atom. The number of halogens is 4. The average molecular weight is 300 g/mol. The summed E-state index contributed by atoms with van der Waals surface area (Å²) in [5.41, 5.74) is 0.103. The number of carbonyl (C=O) groups excluding carboxylic acids is 1. The van der Waals surface area contributed by atoms with E-state index in [4.69, 9.17) is 16.3 Å². The first-order valence-electron chi connectivity index (χ1n) is 4.91. The highest BCUT2D eigenvalue weighted by atomic mass is 35.5. The van der Waals surface area contributed by atoms with Crippen molar-refractivity contribution < 1.29 is 32.2 Å². The number of hydrogen-bond donors (Lipinski definition) is 0. The number of rotatable bonds is 5. The molecular weight excluding hydrogens is 291 g/mol. The van der Waals surface area contributed by atoms with E-state index in [1.54, 1.807) is 0 Å². The van der Waals surface area contributed by atoms with Gasteiger partial charge in [-0.2, -0.15) is 0 Å². The standard InChI is InChI=1S/C10H9ClF3NO4/c1-17-9(16)6-4-7(11)8(15-5-6)18-2-3-19-10(12,13)14/h4-5H,2-3H2,1H3. The third-order valence-corrected chi connectivity index (χ3v) is 2.09. The maximum atomic E-state index is 11.7. The minimum absolute atomic E-state index is 0.0186. The molecule has 0 aliphatic rings. The molecule has 1 heterocycles. The zero-order chi connectivity index (χ0) is 14.5. The summed E-state index contributed by atoms with van der Waals surface area (Å²) in [5, 5.41) is -0.0186. The maximum Gasteiger partial charge on any atom is 0.522 e. The molecule has 0 aliphatic carbocycles.